The minimum Gasteiger partial charge on any atom is -0.319 e. The molecular formula is C19H21ClN6O. The highest BCUT2D eigenvalue weighted by molar-refractivity contribution is 6.31. The van der Waals surface area contributed by atoms with E-state index in [1.807, 2.05) is 6.92 Å². The molecule has 0 saturated heterocycles. The number of hydrogen-bond acceptors (Lipinski definition) is 4. The van der Waals surface area contributed by atoms with Gasteiger partial charge in [-0.15, -0.1) is 0 Å². The van der Waals surface area contributed by atoms with Crippen molar-refractivity contribution in [1.29, 1.82) is 0 Å². The highest BCUT2D eigenvalue weighted by atomic mass is 35.5. The molecule has 3 aromatic heterocycles. The molecule has 1 amide bonds. The first-order valence-corrected chi connectivity index (χ1v) is 9.15. The van der Waals surface area contributed by atoms with Crippen LogP contribution >= 0.6 is 11.6 Å². The van der Waals surface area contributed by atoms with Crippen molar-refractivity contribution in [3.8, 4) is 5.82 Å². The Morgan fingerprint density at radius 1 is 1.33 bits per heavy atom. The molecule has 3 rings (SSSR count). The Morgan fingerprint density at radius 3 is 2.93 bits per heavy atom. The summed E-state index contributed by atoms with van der Waals surface area (Å²) in [5.41, 5.74) is 2.11. The Hall–Kier alpha value is -2.93. The predicted octanol–water partition coefficient (Wildman–Crippen LogP) is 3.88. The molecular weight excluding hydrogens is 364 g/mol. The molecule has 0 aliphatic heterocycles. The van der Waals surface area contributed by atoms with Crippen molar-refractivity contribution in [2.75, 3.05) is 5.32 Å². The predicted molar refractivity (Wildman–Crippen MR) is 106 cm³/mol. The van der Waals surface area contributed by atoms with Crippen LogP contribution < -0.4 is 5.32 Å². The van der Waals surface area contributed by atoms with E-state index < -0.39 is 0 Å². The third-order valence-electron chi connectivity index (χ3n) is 4.00. The molecule has 0 bridgehead atoms. The first kappa shape index (κ1) is 18.8. The molecule has 0 aromatic carbocycles. The number of pyridine rings is 1. The summed E-state index contributed by atoms with van der Waals surface area (Å²) in [6.07, 6.45) is 10.3. The zero-order valence-corrected chi connectivity index (χ0v) is 16.0. The number of anilines is 1. The van der Waals surface area contributed by atoms with Crippen molar-refractivity contribution in [3.05, 3.63) is 59.3 Å². The third kappa shape index (κ3) is 4.43. The van der Waals surface area contributed by atoms with Crippen LogP contribution in [0.4, 0.5) is 5.69 Å². The Kier molecular flexibility index (Phi) is 6.03. The zero-order valence-electron chi connectivity index (χ0n) is 15.3. The summed E-state index contributed by atoms with van der Waals surface area (Å²) in [6.45, 7) is 4.76. The number of unbranched alkanes of at least 4 members (excludes halogenated alkanes) is 1. The second kappa shape index (κ2) is 8.64. The van der Waals surface area contributed by atoms with Gasteiger partial charge in [0.2, 0.25) is 5.91 Å². The quantitative estimate of drug-likeness (QED) is 0.627. The van der Waals surface area contributed by atoms with E-state index in [1.54, 1.807) is 52.2 Å². The van der Waals surface area contributed by atoms with E-state index in [1.165, 1.54) is 6.08 Å². The van der Waals surface area contributed by atoms with Gasteiger partial charge in [0.05, 0.1) is 11.4 Å². The Labute approximate surface area is 162 Å². The molecule has 27 heavy (non-hydrogen) atoms. The van der Waals surface area contributed by atoms with E-state index in [2.05, 4.69) is 27.4 Å². The van der Waals surface area contributed by atoms with Crippen LogP contribution in [0.15, 0.2) is 42.9 Å². The summed E-state index contributed by atoms with van der Waals surface area (Å²) in [4.78, 5) is 16.7. The number of aromatic nitrogens is 5. The summed E-state index contributed by atoms with van der Waals surface area (Å²) in [5.74, 6) is 0.263. The first-order chi connectivity index (χ1) is 13.1. The summed E-state index contributed by atoms with van der Waals surface area (Å²) in [6, 6.07) is 5.32. The Bertz CT molecular complexity index is 945. The van der Waals surface area contributed by atoms with E-state index in [-0.39, 0.29) is 5.91 Å². The van der Waals surface area contributed by atoms with Gasteiger partial charge in [-0.2, -0.15) is 10.2 Å². The van der Waals surface area contributed by atoms with Crippen molar-refractivity contribution in [2.45, 2.75) is 33.2 Å². The van der Waals surface area contributed by atoms with Gasteiger partial charge in [0.25, 0.3) is 0 Å². The molecule has 0 saturated carbocycles. The molecule has 0 aliphatic carbocycles. The summed E-state index contributed by atoms with van der Waals surface area (Å²) in [5, 5.41) is 12.0. The number of carbonyl (C=O) groups excluding carboxylic acids is 1. The highest BCUT2D eigenvalue weighted by Gasteiger charge is 2.12. The third-order valence-corrected chi connectivity index (χ3v) is 4.40. The Morgan fingerprint density at radius 2 is 2.19 bits per heavy atom. The van der Waals surface area contributed by atoms with Gasteiger partial charge in [0.15, 0.2) is 5.82 Å². The fourth-order valence-electron chi connectivity index (χ4n) is 2.62. The smallest absolute Gasteiger partial charge is 0.248 e. The van der Waals surface area contributed by atoms with Crippen LogP contribution in [0, 0.1) is 6.92 Å². The lowest BCUT2D eigenvalue weighted by atomic mass is 10.2. The van der Waals surface area contributed by atoms with Gasteiger partial charge in [-0.25, -0.2) is 9.67 Å². The lowest BCUT2D eigenvalue weighted by Crippen LogP contribution is -2.12. The van der Waals surface area contributed by atoms with Gasteiger partial charge in [0, 0.05) is 36.8 Å². The molecule has 0 unspecified atom stereocenters. The van der Waals surface area contributed by atoms with Gasteiger partial charge in [0.1, 0.15) is 5.15 Å². The molecule has 0 aliphatic rings. The van der Waals surface area contributed by atoms with E-state index in [4.69, 9.17) is 11.6 Å². The minimum atomic E-state index is -0.284. The van der Waals surface area contributed by atoms with Crippen LogP contribution in [-0.4, -0.2) is 30.5 Å². The van der Waals surface area contributed by atoms with E-state index in [0.29, 0.717) is 16.7 Å². The number of nitrogens with zero attached hydrogens (tertiary/aromatic N) is 5. The summed E-state index contributed by atoms with van der Waals surface area (Å²) < 4.78 is 3.37. The molecule has 0 radical (unpaired) electrons. The maximum atomic E-state index is 12.4. The van der Waals surface area contributed by atoms with E-state index >= 15 is 0 Å². The molecule has 7 nitrogen and oxygen atoms in total. The SMILES string of the molecule is CCCCn1nc(C)c(/C=C/C(=O)Nc2cccnc2-n2cccn2)c1Cl. The van der Waals surface area contributed by atoms with Crippen LogP contribution in [0.25, 0.3) is 11.9 Å². The largest absolute Gasteiger partial charge is 0.319 e. The monoisotopic (exact) mass is 384 g/mol. The fraction of sp³-hybridized carbons (Fsp3) is 0.263. The minimum absolute atomic E-state index is 0.284. The van der Waals surface area contributed by atoms with E-state index in [9.17, 15) is 4.79 Å². The van der Waals surface area contributed by atoms with Crippen LogP contribution in [0.2, 0.25) is 5.15 Å². The molecule has 3 aromatic rings. The number of hydrogen-bond donors (Lipinski definition) is 1. The average molecular weight is 385 g/mol. The fourth-order valence-corrected chi connectivity index (χ4v) is 2.94. The number of carbonyl (C=O) groups is 1. The summed E-state index contributed by atoms with van der Waals surface area (Å²) >= 11 is 6.40. The molecule has 1 N–H and O–H groups in total. The molecule has 0 fully saturated rings. The molecule has 8 heteroatoms. The van der Waals surface area contributed by atoms with Gasteiger partial charge in [-0.1, -0.05) is 24.9 Å². The van der Waals surface area contributed by atoms with Gasteiger partial charge in [-0.05, 0) is 37.6 Å². The lowest BCUT2D eigenvalue weighted by molar-refractivity contribution is -0.111. The maximum absolute atomic E-state index is 12.4. The topological polar surface area (TPSA) is 77.6 Å². The number of halogens is 1. The highest BCUT2D eigenvalue weighted by Crippen LogP contribution is 2.22. The molecule has 140 valence electrons. The first-order valence-electron chi connectivity index (χ1n) is 8.77. The van der Waals surface area contributed by atoms with Crippen molar-refractivity contribution < 1.29 is 4.79 Å². The zero-order chi connectivity index (χ0) is 19.2. The average Bonchev–Trinajstić information content (AvgIpc) is 3.28. The lowest BCUT2D eigenvalue weighted by Gasteiger charge is -2.08. The molecule has 3 heterocycles. The molecule has 0 atom stereocenters. The van der Waals surface area contributed by atoms with E-state index in [0.717, 1.165) is 30.6 Å². The second-order valence-electron chi connectivity index (χ2n) is 6.01. The van der Waals surface area contributed by atoms with Crippen molar-refractivity contribution in [3.63, 3.8) is 0 Å². The van der Waals surface area contributed by atoms with Crippen molar-refractivity contribution in [2.24, 2.45) is 0 Å². The number of aryl methyl sites for hydroxylation is 2. The number of rotatable bonds is 7. The van der Waals surface area contributed by atoms with Crippen molar-refractivity contribution >= 4 is 29.3 Å². The second-order valence-corrected chi connectivity index (χ2v) is 6.37. The van der Waals surface area contributed by atoms with Crippen LogP contribution in [0.3, 0.4) is 0 Å². The van der Waals surface area contributed by atoms with Gasteiger partial charge in [-0.3, -0.25) is 9.48 Å². The van der Waals surface area contributed by atoms with Gasteiger partial charge < -0.3 is 5.32 Å². The Balaban J connectivity index is 1.75. The van der Waals surface area contributed by atoms with Crippen LogP contribution in [0.1, 0.15) is 31.0 Å². The molecule has 0 spiro atoms. The maximum Gasteiger partial charge on any atom is 0.248 e. The number of amides is 1. The van der Waals surface area contributed by atoms with Crippen LogP contribution in [-0.2, 0) is 11.3 Å². The van der Waals surface area contributed by atoms with Gasteiger partial charge >= 0.3 is 0 Å². The summed E-state index contributed by atoms with van der Waals surface area (Å²) in [7, 11) is 0. The van der Waals surface area contributed by atoms with Crippen molar-refractivity contribution in [1.82, 2.24) is 24.5 Å². The van der Waals surface area contributed by atoms with Crippen LogP contribution in [0.5, 0.6) is 0 Å². The normalized spacial score (nSPS) is 11.2. The number of nitrogens with one attached hydrogen (secondary N) is 1. The standard InChI is InChI=1S/C19H21ClN6O/c1-3-4-12-25-18(20)15(14(2)24-25)8-9-17(27)23-16-7-5-10-21-19(16)26-13-6-11-22-26/h5-11,13H,3-4,12H2,1-2H3,(H,23,27)/b9-8+.